The van der Waals surface area contributed by atoms with Crippen molar-refractivity contribution in [1.29, 1.82) is 0 Å². The van der Waals surface area contributed by atoms with Crippen molar-refractivity contribution in [3.63, 3.8) is 0 Å². The zero-order valence-corrected chi connectivity index (χ0v) is 14.2. The Balaban J connectivity index is 2.25. The van der Waals surface area contributed by atoms with Crippen LogP contribution in [0, 0.1) is 6.92 Å². The van der Waals surface area contributed by atoms with Crippen molar-refractivity contribution in [2.75, 3.05) is 0 Å². The fourth-order valence-corrected chi connectivity index (χ4v) is 4.47. The second kappa shape index (κ2) is 6.88. The number of halogens is 1. The van der Waals surface area contributed by atoms with Crippen LogP contribution in [0.3, 0.4) is 0 Å². The third-order valence-corrected chi connectivity index (χ3v) is 5.85. The third kappa shape index (κ3) is 4.05. The second-order valence-electron chi connectivity index (χ2n) is 4.42. The topological polar surface area (TPSA) is 38.9 Å². The molecule has 2 N–H and O–H groups in total. The average molecular weight is 357 g/mol. The van der Waals surface area contributed by atoms with Gasteiger partial charge in [0, 0.05) is 21.6 Å². The largest absolute Gasteiger partial charge is 0.326 e. The predicted molar refractivity (Wildman–Crippen MR) is 87.9 cm³/mol. The van der Waals surface area contributed by atoms with Crippen molar-refractivity contribution >= 4 is 39.0 Å². The molecule has 0 fully saturated rings. The molecule has 0 aliphatic heterocycles. The maximum absolute atomic E-state index is 6.29. The van der Waals surface area contributed by atoms with E-state index in [4.69, 9.17) is 5.73 Å². The molecule has 1 aromatic heterocycles. The SMILES string of the molecule is CCC(N)C(Sc1nc(C)cs1)c1cccc(Br)c1. The molecule has 102 valence electrons. The van der Waals surface area contributed by atoms with Gasteiger partial charge in [-0.05, 0) is 31.0 Å². The normalized spacial score (nSPS) is 14.3. The van der Waals surface area contributed by atoms with Gasteiger partial charge in [-0.1, -0.05) is 46.7 Å². The van der Waals surface area contributed by atoms with Crippen molar-refractivity contribution in [3.8, 4) is 0 Å². The molecule has 0 bridgehead atoms. The van der Waals surface area contributed by atoms with Gasteiger partial charge in [0.25, 0.3) is 0 Å². The molecule has 2 rings (SSSR count). The zero-order chi connectivity index (χ0) is 13.8. The van der Waals surface area contributed by atoms with Crippen LogP contribution in [-0.2, 0) is 0 Å². The molecule has 0 saturated carbocycles. The van der Waals surface area contributed by atoms with Crippen LogP contribution in [0.2, 0.25) is 0 Å². The highest BCUT2D eigenvalue weighted by Crippen LogP contribution is 2.39. The number of aryl methyl sites for hydroxylation is 1. The number of nitrogens with two attached hydrogens (primary N) is 1. The first kappa shape index (κ1) is 15.0. The van der Waals surface area contributed by atoms with Crippen LogP contribution in [0.1, 0.15) is 29.9 Å². The third-order valence-electron chi connectivity index (χ3n) is 2.86. The molecule has 2 nitrogen and oxygen atoms in total. The first-order chi connectivity index (χ1) is 9.10. The van der Waals surface area contributed by atoms with E-state index in [2.05, 4.69) is 51.4 Å². The maximum Gasteiger partial charge on any atom is 0.150 e. The molecule has 2 aromatic rings. The van der Waals surface area contributed by atoms with E-state index < -0.39 is 0 Å². The molecule has 0 saturated heterocycles. The predicted octanol–water partition coefficient (Wildman–Crippen LogP) is 4.78. The van der Waals surface area contributed by atoms with Crippen molar-refractivity contribution in [1.82, 2.24) is 4.98 Å². The summed E-state index contributed by atoms with van der Waals surface area (Å²) in [6.45, 7) is 4.15. The van der Waals surface area contributed by atoms with Crippen LogP contribution >= 0.6 is 39.0 Å². The summed E-state index contributed by atoms with van der Waals surface area (Å²) in [7, 11) is 0. The van der Waals surface area contributed by atoms with Crippen LogP contribution in [0.15, 0.2) is 38.5 Å². The van der Waals surface area contributed by atoms with Crippen molar-refractivity contribution in [2.45, 2.75) is 35.9 Å². The van der Waals surface area contributed by atoms with Gasteiger partial charge in [-0.25, -0.2) is 4.98 Å². The van der Waals surface area contributed by atoms with Crippen molar-refractivity contribution in [3.05, 3.63) is 45.4 Å². The Hall–Kier alpha value is -0.360. The number of thiazole rings is 1. The molecule has 0 aliphatic rings. The molecule has 2 atom stereocenters. The van der Waals surface area contributed by atoms with Gasteiger partial charge in [0.05, 0.1) is 5.25 Å². The minimum atomic E-state index is 0.128. The number of benzene rings is 1. The van der Waals surface area contributed by atoms with Crippen LogP contribution in [-0.4, -0.2) is 11.0 Å². The van der Waals surface area contributed by atoms with Crippen LogP contribution in [0.25, 0.3) is 0 Å². The molecule has 0 radical (unpaired) electrons. The van der Waals surface area contributed by atoms with Crippen molar-refractivity contribution in [2.24, 2.45) is 5.73 Å². The lowest BCUT2D eigenvalue weighted by Gasteiger charge is -2.22. The smallest absolute Gasteiger partial charge is 0.150 e. The second-order valence-corrected chi connectivity index (χ2v) is 7.58. The summed E-state index contributed by atoms with van der Waals surface area (Å²) in [5.41, 5.74) is 8.62. The van der Waals surface area contributed by atoms with E-state index in [1.165, 1.54) is 5.56 Å². The van der Waals surface area contributed by atoms with Gasteiger partial charge in [0.2, 0.25) is 0 Å². The Morgan fingerprint density at radius 1 is 1.47 bits per heavy atom. The monoisotopic (exact) mass is 356 g/mol. The molecule has 0 aliphatic carbocycles. The Morgan fingerprint density at radius 2 is 2.26 bits per heavy atom. The summed E-state index contributed by atoms with van der Waals surface area (Å²) < 4.78 is 2.18. The molecule has 19 heavy (non-hydrogen) atoms. The van der Waals surface area contributed by atoms with Crippen molar-refractivity contribution < 1.29 is 0 Å². The average Bonchev–Trinajstić information content (AvgIpc) is 2.80. The highest BCUT2D eigenvalue weighted by atomic mass is 79.9. The number of thioether (sulfide) groups is 1. The number of rotatable bonds is 5. The Kier molecular flexibility index (Phi) is 5.45. The molecule has 5 heteroatoms. The fraction of sp³-hybridized carbons (Fsp3) is 0.357. The first-order valence-corrected chi connectivity index (χ1v) is 8.75. The van der Waals surface area contributed by atoms with Crippen LogP contribution < -0.4 is 5.73 Å². The maximum atomic E-state index is 6.29. The van der Waals surface area contributed by atoms with Crippen LogP contribution in [0.4, 0.5) is 0 Å². The summed E-state index contributed by atoms with van der Waals surface area (Å²) in [6, 6.07) is 8.51. The number of hydrogen-bond donors (Lipinski definition) is 1. The van der Waals surface area contributed by atoms with Gasteiger partial charge >= 0.3 is 0 Å². The number of hydrogen-bond acceptors (Lipinski definition) is 4. The van der Waals surface area contributed by atoms with E-state index in [0.29, 0.717) is 0 Å². The molecular formula is C14H17BrN2S2. The van der Waals surface area contributed by atoms with Gasteiger partial charge < -0.3 is 5.73 Å². The molecular weight excluding hydrogens is 340 g/mol. The van der Waals surface area contributed by atoms with Gasteiger partial charge in [-0.3, -0.25) is 0 Å². The van der Waals surface area contributed by atoms with E-state index in [1.807, 2.05) is 13.0 Å². The van der Waals surface area contributed by atoms with E-state index in [9.17, 15) is 0 Å². The lowest BCUT2D eigenvalue weighted by Crippen LogP contribution is -2.25. The molecule has 0 spiro atoms. The van der Waals surface area contributed by atoms with E-state index in [0.717, 1.165) is 20.9 Å². The lowest BCUT2D eigenvalue weighted by atomic mass is 10.0. The summed E-state index contributed by atoms with van der Waals surface area (Å²) >= 11 is 6.98. The summed E-state index contributed by atoms with van der Waals surface area (Å²) in [6.07, 6.45) is 0.953. The van der Waals surface area contributed by atoms with E-state index in [-0.39, 0.29) is 11.3 Å². The molecule has 0 amide bonds. The fourth-order valence-electron chi connectivity index (χ4n) is 1.80. The minimum Gasteiger partial charge on any atom is -0.326 e. The van der Waals surface area contributed by atoms with E-state index >= 15 is 0 Å². The summed E-state index contributed by atoms with van der Waals surface area (Å²) in [5, 5.41) is 2.32. The number of nitrogens with zero attached hydrogens (tertiary/aromatic N) is 1. The van der Waals surface area contributed by atoms with Gasteiger partial charge in [0.1, 0.15) is 0 Å². The van der Waals surface area contributed by atoms with Gasteiger partial charge in [0.15, 0.2) is 4.34 Å². The highest BCUT2D eigenvalue weighted by molar-refractivity contribution is 9.10. The lowest BCUT2D eigenvalue weighted by molar-refractivity contribution is 0.634. The van der Waals surface area contributed by atoms with Crippen LogP contribution in [0.5, 0.6) is 0 Å². The summed E-state index contributed by atoms with van der Waals surface area (Å²) in [5.74, 6) is 0. The molecule has 2 unspecified atom stereocenters. The first-order valence-electron chi connectivity index (χ1n) is 6.20. The van der Waals surface area contributed by atoms with Gasteiger partial charge in [-0.2, -0.15) is 0 Å². The number of aromatic nitrogens is 1. The standard InChI is InChI=1S/C14H17BrN2S2/c1-3-12(16)13(10-5-4-6-11(15)7-10)19-14-17-9(2)8-18-14/h4-8,12-13H,3,16H2,1-2H3. The zero-order valence-electron chi connectivity index (χ0n) is 11.0. The quantitative estimate of drug-likeness (QED) is 0.783. The van der Waals surface area contributed by atoms with Gasteiger partial charge in [-0.15, -0.1) is 11.3 Å². The Labute approximate surface area is 131 Å². The molecule has 1 heterocycles. The van der Waals surface area contributed by atoms with E-state index in [1.54, 1.807) is 23.1 Å². The Bertz CT molecular complexity index is 542. The molecule has 1 aromatic carbocycles. The highest BCUT2D eigenvalue weighted by Gasteiger charge is 2.21. The Morgan fingerprint density at radius 3 is 2.84 bits per heavy atom. The minimum absolute atomic E-state index is 0.128. The summed E-state index contributed by atoms with van der Waals surface area (Å²) in [4.78, 5) is 4.53.